The lowest BCUT2D eigenvalue weighted by Gasteiger charge is -2.17. The summed E-state index contributed by atoms with van der Waals surface area (Å²) < 4.78 is 5.56. The second-order valence-corrected chi connectivity index (χ2v) is 6.63. The molecule has 1 aromatic carbocycles. The topological polar surface area (TPSA) is 88.3 Å². The number of hydrogen-bond acceptors (Lipinski definition) is 6. The molecule has 0 aliphatic carbocycles. The Hall–Kier alpha value is -3.22. The van der Waals surface area contributed by atoms with E-state index in [4.69, 9.17) is 4.42 Å². The number of para-hydroxylation sites is 1. The van der Waals surface area contributed by atoms with Gasteiger partial charge in [0.25, 0.3) is 5.91 Å². The number of anilines is 1. The number of aryl methyl sites for hydroxylation is 1. The van der Waals surface area contributed by atoms with Crippen LogP contribution in [-0.2, 0) is 6.54 Å². The molecule has 138 valence electrons. The number of aromatic nitrogens is 2. The van der Waals surface area contributed by atoms with Crippen molar-refractivity contribution in [3.8, 4) is 0 Å². The molecule has 4 rings (SSSR count). The Morgan fingerprint density at radius 3 is 2.78 bits per heavy atom. The Kier molecular flexibility index (Phi) is 4.58. The maximum Gasteiger partial charge on any atom is 0.287 e. The standard InChI is InChI=1S/C20H20N4O3/c1-13-10-19(24-8-4-5-9-24)23-18(22-13)12-21-20(26)17-11-15(25)14-6-2-3-7-16(14)27-17/h2-3,6-7,10-11H,4-5,8-9,12H2,1H3,(H,21,26). The Bertz CT molecular complexity index is 1050. The van der Waals surface area contributed by atoms with E-state index in [-0.39, 0.29) is 17.7 Å². The predicted octanol–water partition coefficient (Wildman–Crippen LogP) is 2.42. The zero-order valence-electron chi connectivity index (χ0n) is 15.1. The van der Waals surface area contributed by atoms with Crippen LogP contribution in [0.2, 0.25) is 0 Å². The fourth-order valence-electron chi connectivity index (χ4n) is 3.26. The summed E-state index contributed by atoms with van der Waals surface area (Å²) in [5, 5.41) is 3.19. The molecule has 1 N–H and O–H groups in total. The Balaban J connectivity index is 1.52. The van der Waals surface area contributed by atoms with Crippen molar-refractivity contribution in [3.05, 3.63) is 63.9 Å². The van der Waals surface area contributed by atoms with Crippen molar-refractivity contribution in [2.75, 3.05) is 18.0 Å². The highest BCUT2D eigenvalue weighted by molar-refractivity contribution is 5.93. The summed E-state index contributed by atoms with van der Waals surface area (Å²) in [6, 6.07) is 10.0. The zero-order chi connectivity index (χ0) is 18.8. The first-order valence-electron chi connectivity index (χ1n) is 9.01. The largest absolute Gasteiger partial charge is 0.451 e. The van der Waals surface area contributed by atoms with E-state index in [0.717, 1.165) is 37.4 Å². The molecule has 0 spiro atoms. The van der Waals surface area contributed by atoms with Gasteiger partial charge in [0, 0.05) is 30.9 Å². The highest BCUT2D eigenvalue weighted by Gasteiger charge is 2.16. The molecule has 1 aliphatic heterocycles. The van der Waals surface area contributed by atoms with Crippen LogP contribution < -0.4 is 15.6 Å². The van der Waals surface area contributed by atoms with E-state index in [1.165, 1.54) is 6.07 Å². The molecule has 7 heteroatoms. The van der Waals surface area contributed by atoms with Crippen LogP contribution in [0, 0.1) is 6.92 Å². The third-order valence-corrected chi connectivity index (χ3v) is 4.58. The smallest absolute Gasteiger partial charge is 0.287 e. The van der Waals surface area contributed by atoms with Crippen LogP contribution in [0.5, 0.6) is 0 Å². The summed E-state index contributed by atoms with van der Waals surface area (Å²) in [4.78, 5) is 35.7. The van der Waals surface area contributed by atoms with Gasteiger partial charge >= 0.3 is 0 Å². The second-order valence-electron chi connectivity index (χ2n) is 6.63. The molecule has 7 nitrogen and oxygen atoms in total. The van der Waals surface area contributed by atoms with Crippen molar-refractivity contribution in [1.29, 1.82) is 0 Å². The monoisotopic (exact) mass is 364 g/mol. The molecule has 1 saturated heterocycles. The molecular formula is C20H20N4O3. The van der Waals surface area contributed by atoms with Crippen LogP contribution in [0.3, 0.4) is 0 Å². The van der Waals surface area contributed by atoms with Gasteiger partial charge in [-0.2, -0.15) is 0 Å². The maximum atomic E-state index is 12.4. The highest BCUT2D eigenvalue weighted by Crippen LogP contribution is 2.18. The summed E-state index contributed by atoms with van der Waals surface area (Å²) in [5.74, 6) is 0.937. The Morgan fingerprint density at radius 1 is 1.19 bits per heavy atom. The molecule has 0 saturated carbocycles. The Morgan fingerprint density at radius 2 is 1.96 bits per heavy atom. The van der Waals surface area contributed by atoms with E-state index in [1.807, 2.05) is 13.0 Å². The van der Waals surface area contributed by atoms with Crippen molar-refractivity contribution in [2.45, 2.75) is 26.3 Å². The van der Waals surface area contributed by atoms with Gasteiger partial charge in [0.1, 0.15) is 17.2 Å². The second kappa shape index (κ2) is 7.19. The third-order valence-electron chi connectivity index (χ3n) is 4.58. The predicted molar refractivity (Wildman–Crippen MR) is 102 cm³/mol. The first-order valence-corrected chi connectivity index (χ1v) is 9.01. The molecule has 2 aromatic heterocycles. The van der Waals surface area contributed by atoms with Crippen LogP contribution in [0.15, 0.2) is 45.6 Å². The number of fused-ring (bicyclic) bond motifs is 1. The average Bonchev–Trinajstić information content (AvgIpc) is 3.20. The van der Waals surface area contributed by atoms with Gasteiger partial charge in [-0.1, -0.05) is 12.1 Å². The molecule has 1 amide bonds. The lowest BCUT2D eigenvalue weighted by Crippen LogP contribution is -2.26. The van der Waals surface area contributed by atoms with Crippen LogP contribution in [0.1, 0.15) is 34.9 Å². The fraction of sp³-hybridized carbons (Fsp3) is 0.300. The molecule has 1 fully saturated rings. The van der Waals surface area contributed by atoms with Gasteiger partial charge in [0.15, 0.2) is 11.2 Å². The summed E-state index contributed by atoms with van der Waals surface area (Å²) >= 11 is 0. The number of benzene rings is 1. The molecule has 0 radical (unpaired) electrons. The lowest BCUT2D eigenvalue weighted by molar-refractivity contribution is 0.0922. The number of nitrogens with one attached hydrogen (secondary N) is 1. The van der Waals surface area contributed by atoms with Crippen molar-refractivity contribution in [2.24, 2.45) is 0 Å². The van der Waals surface area contributed by atoms with E-state index in [9.17, 15) is 9.59 Å². The summed E-state index contributed by atoms with van der Waals surface area (Å²) in [7, 11) is 0. The number of carbonyl (C=O) groups is 1. The van der Waals surface area contributed by atoms with Gasteiger partial charge in [0.05, 0.1) is 11.9 Å². The van der Waals surface area contributed by atoms with Gasteiger partial charge in [-0.05, 0) is 31.9 Å². The van der Waals surface area contributed by atoms with Crippen LogP contribution in [0.25, 0.3) is 11.0 Å². The maximum absolute atomic E-state index is 12.4. The van der Waals surface area contributed by atoms with Gasteiger partial charge < -0.3 is 14.6 Å². The number of amides is 1. The van der Waals surface area contributed by atoms with Gasteiger partial charge in [-0.15, -0.1) is 0 Å². The molecule has 0 bridgehead atoms. The van der Waals surface area contributed by atoms with E-state index in [1.54, 1.807) is 24.3 Å². The van der Waals surface area contributed by atoms with Crippen molar-refractivity contribution in [3.63, 3.8) is 0 Å². The number of nitrogens with zero attached hydrogens (tertiary/aromatic N) is 3. The Labute approximate surface area is 156 Å². The van der Waals surface area contributed by atoms with E-state index < -0.39 is 5.91 Å². The normalized spacial score (nSPS) is 13.9. The lowest BCUT2D eigenvalue weighted by atomic mass is 10.2. The third kappa shape index (κ3) is 3.67. The minimum atomic E-state index is -0.467. The van der Waals surface area contributed by atoms with Crippen molar-refractivity contribution < 1.29 is 9.21 Å². The SMILES string of the molecule is Cc1cc(N2CCCC2)nc(CNC(=O)c2cc(=O)c3ccccc3o2)n1. The van der Waals surface area contributed by atoms with E-state index in [0.29, 0.717) is 16.8 Å². The minimum Gasteiger partial charge on any atom is -0.451 e. The number of hydrogen-bond donors (Lipinski definition) is 1. The summed E-state index contributed by atoms with van der Waals surface area (Å²) in [6.07, 6.45) is 2.33. The summed E-state index contributed by atoms with van der Waals surface area (Å²) in [5.41, 5.74) is 0.997. The average molecular weight is 364 g/mol. The van der Waals surface area contributed by atoms with Gasteiger partial charge in [-0.3, -0.25) is 9.59 Å². The fourth-order valence-corrected chi connectivity index (χ4v) is 3.26. The molecular weight excluding hydrogens is 344 g/mol. The highest BCUT2D eigenvalue weighted by atomic mass is 16.3. The molecule has 1 aliphatic rings. The molecule has 3 heterocycles. The van der Waals surface area contributed by atoms with Crippen LogP contribution in [-0.4, -0.2) is 29.0 Å². The van der Waals surface area contributed by atoms with Gasteiger partial charge in [-0.25, -0.2) is 9.97 Å². The van der Waals surface area contributed by atoms with Crippen molar-refractivity contribution >= 4 is 22.7 Å². The van der Waals surface area contributed by atoms with Crippen molar-refractivity contribution in [1.82, 2.24) is 15.3 Å². The molecule has 3 aromatic rings. The van der Waals surface area contributed by atoms with Gasteiger partial charge in [0.2, 0.25) is 0 Å². The first kappa shape index (κ1) is 17.2. The number of rotatable bonds is 4. The minimum absolute atomic E-state index is 0.0221. The van der Waals surface area contributed by atoms with E-state index >= 15 is 0 Å². The van der Waals surface area contributed by atoms with Crippen LogP contribution >= 0.6 is 0 Å². The molecule has 27 heavy (non-hydrogen) atoms. The van der Waals surface area contributed by atoms with E-state index in [2.05, 4.69) is 20.2 Å². The van der Waals surface area contributed by atoms with Crippen LogP contribution in [0.4, 0.5) is 5.82 Å². The quantitative estimate of drug-likeness (QED) is 0.765. The zero-order valence-corrected chi connectivity index (χ0v) is 15.1. The first-order chi connectivity index (χ1) is 13.1. The molecule has 0 unspecified atom stereocenters. The summed E-state index contributed by atoms with van der Waals surface area (Å²) in [6.45, 7) is 4.06. The molecule has 0 atom stereocenters. The number of carbonyl (C=O) groups excluding carboxylic acids is 1.